The van der Waals surface area contributed by atoms with Crippen LogP contribution in [-0.2, 0) is 6.54 Å². The Balaban J connectivity index is 1.74. The van der Waals surface area contributed by atoms with Crippen LogP contribution in [0.1, 0.15) is 31.0 Å². The molecule has 3 aromatic heterocycles. The van der Waals surface area contributed by atoms with E-state index in [1.165, 1.54) is 4.68 Å². The zero-order valence-corrected chi connectivity index (χ0v) is 12.7. The number of aromatic nitrogens is 5. The molecule has 0 aliphatic rings. The fraction of sp³-hybridized carbons (Fsp3) is 0.333. The third-order valence-electron chi connectivity index (χ3n) is 2.83. The monoisotopic (exact) mass is 353 g/mol. The Morgan fingerprint density at radius 1 is 1.29 bits per heavy atom. The Labute approximate surface area is 127 Å². The zero-order chi connectivity index (χ0) is 14.8. The number of rotatable bonds is 5. The smallest absolute Gasteiger partial charge is 0.283 e. The van der Waals surface area contributed by atoms with Crippen molar-refractivity contribution in [2.45, 2.75) is 26.0 Å². The highest BCUT2D eigenvalue weighted by Crippen LogP contribution is 2.23. The zero-order valence-electron chi connectivity index (χ0n) is 11.1. The van der Waals surface area contributed by atoms with Crippen LogP contribution in [0.4, 0.5) is 0 Å². The molecular weight excluding hydrogens is 342 g/mol. The van der Waals surface area contributed by atoms with E-state index in [4.69, 9.17) is 8.83 Å². The molecule has 0 spiro atoms. The van der Waals surface area contributed by atoms with Gasteiger partial charge in [0.2, 0.25) is 5.89 Å². The second-order valence-corrected chi connectivity index (χ2v) is 5.15. The summed E-state index contributed by atoms with van der Waals surface area (Å²) in [5.41, 5.74) is 0.521. The molecule has 1 N–H and O–H groups in total. The number of aliphatic hydroxyl groups excluding tert-OH is 1. The minimum Gasteiger partial charge on any atom is -0.444 e. The van der Waals surface area contributed by atoms with Gasteiger partial charge in [0.15, 0.2) is 10.4 Å². The first-order valence-electron chi connectivity index (χ1n) is 6.32. The van der Waals surface area contributed by atoms with Gasteiger partial charge >= 0.3 is 0 Å². The van der Waals surface area contributed by atoms with Gasteiger partial charge in [-0.1, -0.05) is 12.1 Å². The molecule has 0 fully saturated rings. The van der Waals surface area contributed by atoms with E-state index in [1.807, 2.05) is 6.92 Å². The third-order valence-corrected chi connectivity index (χ3v) is 3.26. The van der Waals surface area contributed by atoms with Crippen molar-refractivity contribution in [1.82, 2.24) is 25.2 Å². The second kappa shape index (κ2) is 5.78. The molecule has 0 bridgehead atoms. The average molecular weight is 354 g/mol. The summed E-state index contributed by atoms with van der Waals surface area (Å²) >= 11 is 3.21. The molecule has 9 heteroatoms. The van der Waals surface area contributed by atoms with Gasteiger partial charge in [-0.15, -0.1) is 15.3 Å². The van der Waals surface area contributed by atoms with Crippen LogP contribution >= 0.6 is 15.9 Å². The summed E-state index contributed by atoms with van der Waals surface area (Å²) in [6.45, 7) is 2.15. The lowest BCUT2D eigenvalue weighted by molar-refractivity contribution is 0.168. The van der Waals surface area contributed by atoms with Crippen molar-refractivity contribution < 1.29 is 13.9 Å². The molecule has 0 saturated carbocycles. The van der Waals surface area contributed by atoms with Crippen molar-refractivity contribution in [2.24, 2.45) is 0 Å². The van der Waals surface area contributed by atoms with Gasteiger partial charge < -0.3 is 13.9 Å². The van der Waals surface area contributed by atoms with Crippen molar-refractivity contribution >= 4 is 15.9 Å². The van der Waals surface area contributed by atoms with Crippen molar-refractivity contribution in [2.75, 3.05) is 0 Å². The lowest BCUT2D eigenvalue weighted by atomic mass is 10.2. The maximum absolute atomic E-state index is 9.68. The lowest BCUT2D eigenvalue weighted by Crippen LogP contribution is -2.00. The first-order chi connectivity index (χ1) is 10.2. The molecule has 110 valence electrons. The minimum atomic E-state index is -0.613. The highest BCUT2D eigenvalue weighted by molar-refractivity contribution is 9.10. The number of nitrogens with zero attached hydrogens (tertiary/aromatic N) is 5. The third kappa shape index (κ3) is 3.03. The lowest BCUT2D eigenvalue weighted by Gasteiger charge is -2.00. The first-order valence-corrected chi connectivity index (χ1v) is 7.11. The standard InChI is InChI=1S/C12H12BrN5O3/c1-2-8(19)7-5-18(17-14-7)6-11-15-16-12(21-11)9-3-4-10(13)20-9/h3-5,8,19H,2,6H2,1H3. The van der Waals surface area contributed by atoms with Crippen molar-refractivity contribution in [3.63, 3.8) is 0 Å². The highest BCUT2D eigenvalue weighted by atomic mass is 79.9. The largest absolute Gasteiger partial charge is 0.444 e. The van der Waals surface area contributed by atoms with Crippen LogP contribution in [0.3, 0.4) is 0 Å². The van der Waals surface area contributed by atoms with E-state index < -0.39 is 6.10 Å². The first kappa shape index (κ1) is 14.0. The van der Waals surface area contributed by atoms with E-state index >= 15 is 0 Å². The molecule has 8 nitrogen and oxygen atoms in total. The molecule has 0 saturated heterocycles. The van der Waals surface area contributed by atoms with Gasteiger partial charge in [-0.05, 0) is 34.5 Å². The Bertz CT molecular complexity index is 735. The molecule has 0 aromatic carbocycles. The molecule has 1 unspecified atom stereocenters. The van der Waals surface area contributed by atoms with Gasteiger partial charge in [0.25, 0.3) is 5.89 Å². The van der Waals surface area contributed by atoms with Gasteiger partial charge in [-0.25, -0.2) is 4.68 Å². The average Bonchev–Trinajstić information content (AvgIpc) is 3.19. The predicted octanol–water partition coefficient (Wildman–Crippen LogP) is 2.18. The van der Waals surface area contributed by atoms with E-state index in [-0.39, 0.29) is 6.54 Å². The highest BCUT2D eigenvalue weighted by Gasteiger charge is 2.14. The quantitative estimate of drug-likeness (QED) is 0.749. The van der Waals surface area contributed by atoms with E-state index in [2.05, 4.69) is 36.4 Å². The molecule has 3 heterocycles. The second-order valence-electron chi connectivity index (χ2n) is 4.37. The molecule has 3 aromatic rings. The number of halogens is 1. The molecule has 3 rings (SSSR count). The minimum absolute atomic E-state index is 0.276. The molecule has 1 atom stereocenters. The van der Waals surface area contributed by atoms with Gasteiger partial charge in [0.1, 0.15) is 12.2 Å². The van der Waals surface area contributed by atoms with E-state index in [1.54, 1.807) is 18.3 Å². The summed E-state index contributed by atoms with van der Waals surface area (Å²) < 4.78 is 13.0. The fourth-order valence-electron chi connectivity index (χ4n) is 1.74. The molecule has 0 aliphatic heterocycles. The summed E-state index contributed by atoms with van der Waals surface area (Å²) in [6, 6.07) is 3.47. The van der Waals surface area contributed by atoms with Gasteiger partial charge in [0, 0.05) is 0 Å². The van der Waals surface area contributed by atoms with E-state index in [0.29, 0.717) is 34.3 Å². The van der Waals surface area contributed by atoms with Gasteiger partial charge in [-0.2, -0.15) is 0 Å². The van der Waals surface area contributed by atoms with Gasteiger partial charge in [-0.3, -0.25) is 0 Å². The van der Waals surface area contributed by atoms with Crippen LogP contribution in [0.25, 0.3) is 11.7 Å². The summed E-state index contributed by atoms with van der Waals surface area (Å²) in [7, 11) is 0. The number of furan rings is 1. The van der Waals surface area contributed by atoms with Crippen LogP contribution in [0, 0.1) is 0 Å². The van der Waals surface area contributed by atoms with Crippen LogP contribution in [-0.4, -0.2) is 30.3 Å². The van der Waals surface area contributed by atoms with Crippen LogP contribution in [0.15, 0.2) is 31.8 Å². The SMILES string of the molecule is CCC(O)c1cn(Cc2nnc(-c3ccc(Br)o3)o2)nn1. The molecule has 21 heavy (non-hydrogen) atoms. The maximum atomic E-state index is 9.68. The van der Waals surface area contributed by atoms with Crippen LogP contribution < -0.4 is 0 Å². The number of hydrogen-bond donors (Lipinski definition) is 1. The topological polar surface area (TPSA) is 103 Å². The summed E-state index contributed by atoms with van der Waals surface area (Å²) in [4.78, 5) is 0. The van der Waals surface area contributed by atoms with E-state index in [9.17, 15) is 5.11 Å². The van der Waals surface area contributed by atoms with Crippen LogP contribution in [0.2, 0.25) is 0 Å². The predicted molar refractivity (Wildman–Crippen MR) is 74.1 cm³/mol. The van der Waals surface area contributed by atoms with Crippen molar-refractivity contribution in [3.8, 4) is 11.7 Å². The molecule has 0 radical (unpaired) electrons. The Hall–Kier alpha value is -2.00. The summed E-state index contributed by atoms with van der Waals surface area (Å²) in [5, 5.41) is 25.3. The van der Waals surface area contributed by atoms with Gasteiger partial charge in [0.05, 0.1) is 12.3 Å². The normalized spacial score (nSPS) is 12.7. The Kier molecular flexibility index (Phi) is 3.84. The number of hydrogen-bond acceptors (Lipinski definition) is 7. The summed E-state index contributed by atoms with van der Waals surface area (Å²) in [5.74, 6) is 1.16. The molecule has 0 amide bonds. The molecular formula is C12H12BrN5O3. The van der Waals surface area contributed by atoms with Crippen molar-refractivity contribution in [3.05, 3.63) is 34.6 Å². The number of aliphatic hydroxyl groups is 1. The maximum Gasteiger partial charge on any atom is 0.283 e. The fourth-order valence-corrected chi connectivity index (χ4v) is 2.04. The molecule has 0 aliphatic carbocycles. The van der Waals surface area contributed by atoms with Crippen molar-refractivity contribution in [1.29, 1.82) is 0 Å². The Morgan fingerprint density at radius 3 is 2.86 bits per heavy atom. The van der Waals surface area contributed by atoms with E-state index in [0.717, 1.165) is 0 Å². The Morgan fingerprint density at radius 2 is 2.14 bits per heavy atom. The summed E-state index contributed by atoms with van der Waals surface area (Å²) in [6.07, 6.45) is 1.62. The van der Waals surface area contributed by atoms with Crippen LogP contribution in [0.5, 0.6) is 0 Å².